The number of halogens is 1. The van der Waals surface area contributed by atoms with Crippen LogP contribution in [0.5, 0.6) is 0 Å². The SMILES string of the molecule is Cl.O=S(=O)(Cc1ccncc1)N[C@@H]1CCNC1. The molecule has 0 amide bonds. The number of nitrogens with one attached hydrogen (secondary N) is 2. The predicted octanol–water partition coefficient (Wildman–Crippen LogP) is 0.285. The normalized spacial score (nSPS) is 19.9. The Hall–Kier alpha value is -0.690. The van der Waals surface area contributed by atoms with Crippen LogP contribution in [0.2, 0.25) is 0 Å². The Kier molecular flexibility index (Phi) is 5.32. The van der Waals surface area contributed by atoms with E-state index in [4.69, 9.17) is 0 Å². The molecule has 17 heavy (non-hydrogen) atoms. The molecule has 0 unspecified atom stereocenters. The molecule has 1 aromatic heterocycles. The molecule has 0 saturated carbocycles. The summed E-state index contributed by atoms with van der Waals surface area (Å²) in [5.74, 6) is 0.0199. The maximum absolute atomic E-state index is 11.8. The topological polar surface area (TPSA) is 71.1 Å². The summed E-state index contributed by atoms with van der Waals surface area (Å²) >= 11 is 0. The van der Waals surface area contributed by atoms with Crippen LogP contribution in [0.25, 0.3) is 0 Å². The van der Waals surface area contributed by atoms with Gasteiger partial charge in [-0.2, -0.15) is 0 Å². The summed E-state index contributed by atoms with van der Waals surface area (Å²) in [6.07, 6.45) is 4.06. The average Bonchev–Trinajstić information content (AvgIpc) is 2.70. The molecule has 1 saturated heterocycles. The van der Waals surface area contributed by atoms with E-state index in [-0.39, 0.29) is 24.2 Å². The summed E-state index contributed by atoms with van der Waals surface area (Å²) in [4.78, 5) is 3.85. The van der Waals surface area contributed by atoms with Gasteiger partial charge in [0.15, 0.2) is 0 Å². The Bertz CT molecular complexity index is 432. The Balaban J connectivity index is 0.00000144. The van der Waals surface area contributed by atoms with E-state index in [9.17, 15) is 8.42 Å². The molecule has 1 fully saturated rings. The molecule has 7 heteroatoms. The highest BCUT2D eigenvalue weighted by Crippen LogP contribution is 2.06. The van der Waals surface area contributed by atoms with Crippen molar-refractivity contribution in [1.29, 1.82) is 0 Å². The summed E-state index contributed by atoms with van der Waals surface area (Å²) in [6.45, 7) is 1.60. The lowest BCUT2D eigenvalue weighted by Gasteiger charge is -2.11. The summed E-state index contributed by atoms with van der Waals surface area (Å²) in [5, 5.41) is 3.12. The maximum Gasteiger partial charge on any atom is 0.216 e. The van der Waals surface area contributed by atoms with Crippen molar-refractivity contribution in [1.82, 2.24) is 15.0 Å². The molecule has 0 aliphatic carbocycles. The van der Waals surface area contributed by atoms with Crippen LogP contribution in [0.1, 0.15) is 12.0 Å². The fourth-order valence-electron chi connectivity index (χ4n) is 1.75. The van der Waals surface area contributed by atoms with Gasteiger partial charge < -0.3 is 5.32 Å². The van der Waals surface area contributed by atoms with Crippen molar-refractivity contribution < 1.29 is 8.42 Å². The van der Waals surface area contributed by atoms with Gasteiger partial charge in [-0.1, -0.05) is 0 Å². The highest BCUT2D eigenvalue weighted by molar-refractivity contribution is 7.88. The highest BCUT2D eigenvalue weighted by Gasteiger charge is 2.21. The van der Waals surface area contributed by atoms with E-state index in [0.29, 0.717) is 0 Å². The van der Waals surface area contributed by atoms with E-state index >= 15 is 0 Å². The van der Waals surface area contributed by atoms with Crippen molar-refractivity contribution >= 4 is 22.4 Å². The number of hydrogen-bond acceptors (Lipinski definition) is 4. The first-order valence-electron chi connectivity index (χ1n) is 5.25. The fourth-order valence-corrected chi connectivity index (χ4v) is 3.17. The van der Waals surface area contributed by atoms with Crippen LogP contribution in [-0.2, 0) is 15.8 Å². The van der Waals surface area contributed by atoms with E-state index in [2.05, 4.69) is 15.0 Å². The highest BCUT2D eigenvalue weighted by atomic mass is 35.5. The van der Waals surface area contributed by atoms with Crippen LogP contribution in [0.3, 0.4) is 0 Å². The minimum atomic E-state index is -3.24. The Labute approximate surface area is 107 Å². The summed E-state index contributed by atoms with van der Waals surface area (Å²) in [7, 11) is -3.24. The lowest BCUT2D eigenvalue weighted by Crippen LogP contribution is -2.36. The molecule has 2 heterocycles. The van der Waals surface area contributed by atoms with Crippen molar-refractivity contribution in [2.75, 3.05) is 13.1 Å². The third-order valence-corrected chi connectivity index (χ3v) is 3.92. The monoisotopic (exact) mass is 277 g/mol. The van der Waals surface area contributed by atoms with Crippen LogP contribution in [0.4, 0.5) is 0 Å². The number of hydrogen-bond donors (Lipinski definition) is 2. The molecule has 96 valence electrons. The van der Waals surface area contributed by atoms with Crippen molar-refractivity contribution in [3.05, 3.63) is 30.1 Å². The van der Waals surface area contributed by atoms with Crippen molar-refractivity contribution in [3.63, 3.8) is 0 Å². The first kappa shape index (κ1) is 14.4. The second kappa shape index (κ2) is 6.30. The Morgan fingerprint density at radius 2 is 2.12 bits per heavy atom. The minimum Gasteiger partial charge on any atom is -0.315 e. The lowest BCUT2D eigenvalue weighted by atomic mass is 10.3. The van der Waals surface area contributed by atoms with E-state index in [1.807, 2.05) is 0 Å². The molecule has 2 rings (SSSR count). The second-order valence-electron chi connectivity index (χ2n) is 3.92. The van der Waals surface area contributed by atoms with Crippen LogP contribution in [-0.4, -0.2) is 32.5 Å². The molecular weight excluding hydrogens is 262 g/mol. The summed E-state index contributed by atoms with van der Waals surface area (Å²) in [5.41, 5.74) is 0.758. The Morgan fingerprint density at radius 3 is 2.71 bits per heavy atom. The smallest absolute Gasteiger partial charge is 0.216 e. The molecule has 2 N–H and O–H groups in total. The largest absolute Gasteiger partial charge is 0.315 e. The van der Waals surface area contributed by atoms with E-state index in [0.717, 1.165) is 25.1 Å². The zero-order valence-electron chi connectivity index (χ0n) is 9.30. The quantitative estimate of drug-likeness (QED) is 0.830. The number of sulfonamides is 1. The van der Waals surface area contributed by atoms with Gasteiger partial charge in [-0.3, -0.25) is 4.98 Å². The average molecular weight is 278 g/mol. The first-order chi connectivity index (χ1) is 7.66. The summed E-state index contributed by atoms with van der Waals surface area (Å²) < 4.78 is 26.3. The number of rotatable bonds is 4. The fraction of sp³-hybridized carbons (Fsp3) is 0.500. The minimum absolute atomic E-state index is 0. The number of nitrogens with zero attached hydrogens (tertiary/aromatic N) is 1. The van der Waals surface area contributed by atoms with Gasteiger partial charge in [0, 0.05) is 25.0 Å². The first-order valence-corrected chi connectivity index (χ1v) is 6.90. The van der Waals surface area contributed by atoms with Crippen LogP contribution in [0, 0.1) is 0 Å². The van der Waals surface area contributed by atoms with Gasteiger partial charge in [0.2, 0.25) is 10.0 Å². The van der Waals surface area contributed by atoms with Gasteiger partial charge >= 0.3 is 0 Å². The molecule has 0 radical (unpaired) electrons. The van der Waals surface area contributed by atoms with Crippen LogP contribution in [0.15, 0.2) is 24.5 Å². The second-order valence-corrected chi connectivity index (χ2v) is 5.68. The molecule has 0 aromatic carbocycles. The third-order valence-electron chi connectivity index (χ3n) is 2.51. The predicted molar refractivity (Wildman–Crippen MR) is 68.5 cm³/mol. The maximum atomic E-state index is 11.8. The standard InChI is InChI=1S/C10H15N3O2S.ClH/c14-16(15,13-10-3-6-12-7-10)8-9-1-4-11-5-2-9;/h1-2,4-5,10,12-13H,3,6-8H2;1H/t10-;/m1./s1. The van der Waals surface area contributed by atoms with Gasteiger partial charge in [0.1, 0.15) is 0 Å². The number of pyridine rings is 1. The summed E-state index contributed by atoms with van der Waals surface area (Å²) in [6, 6.07) is 3.46. The van der Waals surface area contributed by atoms with E-state index < -0.39 is 10.0 Å². The lowest BCUT2D eigenvalue weighted by molar-refractivity contribution is 0.559. The Morgan fingerprint density at radius 1 is 1.41 bits per heavy atom. The molecule has 1 aliphatic heterocycles. The molecule has 5 nitrogen and oxygen atoms in total. The molecule has 1 aliphatic rings. The third kappa shape index (κ3) is 4.59. The van der Waals surface area contributed by atoms with Gasteiger partial charge in [0.05, 0.1) is 5.75 Å². The molecule has 0 bridgehead atoms. The van der Waals surface area contributed by atoms with Crippen molar-refractivity contribution in [2.24, 2.45) is 0 Å². The van der Waals surface area contributed by atoms with E-state index in [1.54, 1.807) is 24.5 Å². The van der Waals surface area contributed by atoms with Gasteiger partial charge in [-0.05, 0) is 30.7 Å². The van der Waals surface area contributed by atoms with E-state index in [1.165, 1.54) is 0 Å². The van der Waals surface area contributed by atoms with Crippen LogP contribution >= 0.6 is 12.4 Å². The molecule has 1 atom stereocenters. The molecule has 0 spiro atoms. The van der Waals surface area contributed by atoms with Gasteiger partial charge in [-0.15, -0.1) is 12.4 Å². The molecule has 1 aromatic rings. The van der Waals surface area contributed by atoms with Gasteiger partial charge in [0.25, 0.3) is 0 Å². The number of aromatic nitrogens is 1. The van der Waals surface area contributed by atoms with Crippen LogP contribution < -0.4 is 10.0 Å². The zero-order chi connectivity index (χ0) is 11.4. The molecular formula is C10H16ClN3O2S. The van der Waals surface area contributed by atoms with Gasteiger partial charge in [-0.25, -0.2) is 13.1 Å². The van der Waals surface area contributed by atoms with Crippen molar-refractivity contribution in [2.45, 2.75) is 18.2 Å². The zero-order valence-corrected chi connectivity index (χ0v) is 10.9. The van der Waals surface area contributed by atoms with Crippen molar-refractivity contribution in [3.8, 4) is 0 Å².